The molecule has 0 radical (unpaired) electrons. The second-order valence-corrected chi connectivity index (χ2v) is 10.5. The summed E-state index contributed by atoms with van der Waals surface area (Å²) in [6.45, 7) is 3.63. The lowest BCUT2D eigenvalue weighted by Crippen LogP contribution is -2.13. The number of rotatable bonds is 6. The number of carbonyl (C=O) groups is 1. The molecule has 0 aliphatic rings. The quantitative estimate of drug-likeness (QED) is 0.268. The topological polar surface area (TPSA) is 127 Å². The molecule has 0 aliphatic carbocycles. The van der Waals surface area contributed by atoms with Crippen molar-refractivity contribution in [2.75, 3.05) is 10.6 Å². The van der Waals surface area contributed by atoms with E-state index in [9.17, 15) is 13.2 Å². The first-order valence-corrected chi connectivity index (χ1v) is 13.4. The lowest BCUT2D eigenvalue weighted by atomic mass is 10.0. The molecule has 0 aliphatic heterocycles. The molecule has 1 aromatic heterocycles. The molecule has 4 N–H and O–H groups in total. The molecule has 0 fully saturated rings. The first kappa shape index (κ1) is 25.1. The number of para-hydroxylation sites is 1. The number of nitrogens with zero attached hydrogens (tertiary/aromatic N) is 2. The van der Waals surface area contributed by atoms with Crippen LogP contribution in [0, 0.1) is 13.8 Å². The fourth-order valence-corrected chi connectivity index (χ4v) is 5.02. The molecule has 38 heavy (non-hydrogen) atoms. The molecule has 8 nitrogen and oxygen atoms in total. The molecular weight excluding hydrogens is 498 g/mol. The van der Waals surface area contributed by atoms with Crippen molar-refractivity contribution in [3.8, 4) is 11.3 Å². The van der Waals surface area contributed by atoms with E-state index < -0.39 is 10.0 Å². The molecule has 4 aromatic carbocycles. The Hall–Kier alpha value is -4.60. The highest BCUT2D eigenvalue weighted by Gasteiger charge is 2.16. The van der Waals surface area contributed by atoms with Crippen molar-refractivity contribution in [2.24, 2.45) is 5.14 Å². The third-order valence-corrected chi connectivity index (χ3v) is 7.31. The summed E-state index contributed by atoms with van der Waals surface area (Å²) < 4.78 is 24.1. The molecule has 0 unspecified atom stereocenters. The van der Waals surface area contributed by atoms with Gasteiger partial charge in [0.05, 0.1) is 4.90 Å². The monoisotopic (exact) mass is 523 g/mol. The molecular formula is C29H25N5O3S. The van der Waals surface area contributed by atoms with Gasteiger partial charge in [0.2, 0.25) is 10.0 Å². The van der Waals surface area contributed by atoms with Gasteiger partial charge in [-0.3, -0.25) is 4.79 Å². The van der Waals surface area contributed by atoms with E-state index in [-0.39, 0.29) is 10.8 Å². The summed E-state index contributed by atoms with van der Waals surface area (Å²) in [5.41, 5.74) is 4.71. The lowest BCUT2D eigenvalue weighted by Gasteiger charge is -2.13. The van der Waals surface area contributed by atoms with Crippen LogP contribution in [0.25, 0.3) is 22.0 Å². The van der Waals surface area contributed by atoms with Crippen molar-refractivity contribution in [1.29, 1.82) is 0 Å². The van der Waals surface area contributed by atoms with Crippen molar-refractivity contribution < 1.29 is 13.2 Å². The van der Waals surface area contributed by atoms with Crippen LogP contribution in [0.1, 0.15) is 21.5 Å². The van der Waals surface area contributed by atoms with Crippen LogP contribution in [-0.2, 0) is 10.0 Å². The van der Waals surface area contributed by atoms with E-state index in [4.69, 9.17) is 5.14 Å². The highest BCUT2D eigenvalue weighted by molar-refractivity contribution is 7.89. The summed E-state index contributed by atoms with van der Waals surface area (Å²) in [6, 6.07) is 27.3. The zero-order chi connectivity index (χ0) is 26.9. The molecule has 9 heteroatoms. The molecule has 5 aromatic rings. The average molecular weight is 524 g/mol. The Labute approximate surface area is 220 Å². The molecule has 0 saturated heterocycles. The summed E-state index contributed by atoms with van der Waals surface area (Å²) in [5.74, 6) is 0.331. The van der Waals surface area contributed by atoms with Crippen LogP contribution in [0.5, 0.6) is 0 Å². The van der Waals surface area contributed by atoms with Gasteiger partial charge in [-0.2, -0.15) is 0 Å². The summed E-state index contributed by atoms with van der Waals surface area (Å²) in [4.78, 5) is 12.7. The van der Waals surface area contributed by atoms with Gasteiger partial charge in [0.1, 0.15) is 5.69 Å². The number of sulfonamides is 1. The Morgan fingerprint density at radius 2 is 1.47 bits per heavy atom. The summed E-state index contributed by atoms with van der Waals surface area (Å²) in [7, 11) is -3.88. The molecule has 1 heterocycles. The smallest absolute Gasteiger partial charge is 0.255 e. The second-order valence-electron chi connectivity index (χ2n) is 8.94. The number of aryl methyl sites for hydroxylation is 2. The Morgan fingerprint density at radius 3 is 2.18 bits per heavy atom. The predicted molar refractivity (Wildman–Crippen MR) is 150 cm³/mol. The number of nitrogens with one attached hydrogen (secondary N) is 2. The fraction of sp³-hybridized carbons (Fsp3) is 0.0690. The number of hydrogen-bond donors (Lipinski definition) is 3. The van der Waals surface area contributed by atoms with Crippen molar-refractivity contribution in [2.45, 2.75) is 18.7 Å². The zero-order valence-electron chi connectivity index (χ0n) is 20.8. The minimum absolute atomic E-state index is 0.0506. The van der Waals surface area contributed by atoms with Crippen molar-refractivity contribution in [1.82, 2.24) is 10.2 Å². The second kappa shape index (κ2) is 10.0. The Morgan fingerprint density at radius 1 is 0.789 bits per heavy atom. The summed E-state index contributed by atoms with van der Waals surface area (Å²) in [6.07, 6.45) is 0. The number of aromatic nitrogens is 2. The number of amides is 1. The van der Waals surface area contributed by atoms with Gasteiger partial charge in [0.15, 0.2) is 5.82 Å². The molecule has 190 valence electrons. The summed E-state index contributed by atoms with van der Waals surface area (Å²) in [5, 5.41) is 22.0. The standard InChI is InChI=1S/C29H25N5O3S/c1-18-7-3-6-10-25(18)32-29(35)20-13-15-22(16-14-20)31-28-24-9-5-4-8-23(24)27(33-34-28)21-12-11-19(2)26(17-21)38(30,36)37/h3-17H,1-2H3,(H,31,34)(H,32,35)(H2,30,36,37). The van der Waals surface area contributed by atoms with Gasteiger partial charge in [-0.25, -0.2) is 13.6 Å². The van der Waals surface area contributed by atoms with E-state index in [1.165, 1.54) is 6.07 Å². The van der Waals surface area contributed by atoms with Crippen LogP contribution in [0.3, 0.4) is 0 Å². The molecule has 1 amide bonds. The van der Waals surface area contributed by atoms with Crippen LogP contribution in [-0.4, -0.2) is 24.5 Å². The molecule has 5 rings (SSSR count). The van der Waals surface area contributed by atoms with Crippen LogP contribution in [0.2, 0.25) is 0 Å². The maximum absolute atomic E-state index is 12.7. The number of fused-ring (bicyclic) bond motifs is 1. The molecule has 0 atom stereocenters. The first-order valence-electron chi connectivity index (χ1n) is 11.8. The Kier molecular flexibility index (Phi) is 6.62. The van der Waals surface area contributed by atoms with Crippen molar-refractivity contribution >= 4 is 43.9 Å². The minimum Gasteiger partial charge on any atom is -0.338 e. The zero-order valence-corrected chi connectivity index (χ0v) is 21.6. The van der Waals surface area contributed by atoms with Crippen LogP contribution in [0.4, 0.5) is 17.2 Å². The fourth-order valence-electron chi connectivity index (χ4n) is 4.21. The predicted octanol–water partition coefficient (Wildman–Crippen LogP) is 5.56. The van der Waals surface area contributed by atoms with E-state index >= 15 is 0 Å². The van der Waals surface area contributed by atoms with Crippen LogP contribution in [0.15, 0.2) is 95.9 Å². The van der Waals surface area contributed by atoms with Gasteiger partial charge in [-0.05, 0) is 61.4 Å². The molecule has 0 spiro atoms. The number of hydrogen-bond acceptors (Lipinski definition) is 6. The first-order chi connectivity index (χ1) is 18.2. The maximum Gasteiger partial charge on any atom is 0.255 e. The van der Waals surface area contributed by atoms with E-state index in [2.05, 4.69) is 20.8 Å². The molecule has 0 bridgehead atoms. The van der Waals surface area contributed by atoms with Crippen molar-refractivity contribution in [3.63, 3.8) is 0 Å². The van der Waals surface area contributed by atoms with E-state index in [0.29, 0.717) is 28.2 Å². The van der Waals surface area contributed by atoms with Gasteiger partial charge in [0, 0.05) is 33.3 Å². The number of primary sulfonamides is 1. The number of nitrogens with two attached hydrogens (primary N) is 1. The van der Waals surface area contributed by atoms with Gasteiger partial charge >= 0.3 is 0 Å². The normalized spacial score (nSPS) is 11.3. The number of benzene rings is 4. The minimum atomic E-state index is -3.88. The number of carbonyl (C=O) groups excluding carboxylic acids is 1. The van der Waals surface area contributed by atoms with E-state index in [1.807, 2.05) is 55.5 Å². The third kappa shape index (κ3) is 5.10. The van der Waals surface area contributed by atoms with E-state index in [1.54, 1.807) is 43.3 Å². The SMILES string of the molecule is Cc1ccccc1NC(=O)c1ccc(Nc2nnc(-c3ccc(C)c(S(N)(=O)=O)c3)c3ccccc23)cc1. The van der Waals surface area contributed by atoms with Gasteiger partial charge < -0.3 is 10.6 Å². The van der Waals surface area contributed by atoms with Gasteiger partial charge in [-0.15, -0.1) is 10.2 Å². The van der Waals surface area contributed by atoms with Crippen LogP contribution < -0.4 is 15.8 Å². The summed E-state index contributed by atoms with van der Waals surface area (Å²) >= 11 is 0. The van der Waals surface area contributed by atoms with Gasteiger partial charge in [-0.1, -0.05) is 54.6 Å². The Bertz CT molecular complexity index is 1780. The maximum atomic E-state index is 12.7. The van der Waals surface area contributed by atoms with Crippen molar-refractivity contribution in [3.05, 3.63) is 108 Å². The number of anilines is 3. The Balaban J connectivity index is 1.43. The highest BCUT2D eigenvalue weighted by atomic mass is 32.2. The largest absolute Gasteiger partial charge is 0.338 e. The highest BCUT2D eigenvalue weighted by Crippen LogP contribution is 2.32. The van der Waals surface area contributed by atoms with Gasteiger partial charge in [0.25, 0.3) is 5.91 Å². The lowest BCUT2D eigenvalue weighted by molar-refractivity contribution is 0.102. The van der Waals surface area contributed by atoms with Crippen LogP contribution >= 0.6 is 0 Å². The average Bonchev–Trinajstić information content (AvgIpc) is 2.90. The third-order valence-electron chi connectivity index (χ3n) is 6.26. The molecule has 0 saturated carbocycles. The van der Waals surface area contributed by atoms with E-state index in [0.717, 1.165) is 27.7 Å².